The summed E-state index contributed by atoms with van der Waals surface area (Å²) in [6.07, 6.45) is 2.90. The minimum absolute atomic E-state index is 0.0469. The molecule has 1 unspecified atom stereocenters. The molecule has 1 saturated heterocycles. The minimum Gasteiger partial charge on any atom is -0.469 e. The van der Waals surface area contributed by atoms with Crippen molar-refractivity contribution in [2.75, 3.05) is 20.2 Å². The number of esters is 1. The first-order chi connectivity index (χ1) is 5.75. The summed E-state index contributed by atoms with van der Waals surface area (Å²) in [5, 5.41) is 3.21. The molecule has 0 aromatic rings. The molecule has 0 aliphatic carbocycles. The number of hydrogen-bond acceptors (Lipinski definition) is 3. The molecule has 1 aliphatic heterocycles. The van der Waals surface area contributed by atoms with Crippen LogP contribution in [0.15, 0.2) is 0 Å². The van der Waals surface area contributed by atoms with Gasteiger partial charge in [-0.05, 0) is 19.4 Å². The highest BCUT2D eigenvalue weighted by Crippen LogP contribution is 2.32. The zero-order valence-corrected chi connectivity index (χ0v) is 7.85. The van der Waals surface area contributed by atoms with Crippen molar-refractivity contribution in [2.24, 2.45) is 5.41 Å². The highest BCUT2D eigenvalue weighted by molar-refractivity contribution is 5.77. The van der Waals surface area contributed by atoms with Gasteiger partial charge in [0, 0.05) is 6.54 Å². The molecule has 0 bridgehead atoms. The Labute approximate surface area is 73.5 Å². The fraction of sp³-hybridized carbons (Fsp3) is 0.889. The van der Waals surface area contributed by atoms with Gasteiger partial charge < -0.3 is 10.1 Å². The standard InChI is InChI=1S/C9H17NO2/c1-3-4-9(8(11)12-2)5-6-10-7-9/h10H,3-7H2,1-2H3. The van der Waals surface area contributed by atoms with E-state index in [0.717, 1.165) is 32.4 Å². The molecule has 3 heteroatoms. The first kappa shape index (κ1) is 9.52. The number of carbonyl (C=O) groups is 1. The SMILES string of the molecule is CCCC1(C(=O)OC)CCNC1. The Morgan fingerprint density at radius 3 is 2.83 bits per heavy atom. The lowest BCUT2D eigenvalue weighted by Gasteiger charge is -2.23. The molecule has 0 aromatic carbocycles. The van der Waals surface area contributed by atoms with Crippen LogP contribution in [0.5, 0.6) is 0 Å². The van der Waals surface area contributed by atoms with Gasteiger partial charge in [-0.25, -0.2) is 0 Å². The Kier molecular flexibility index (Phi) is 3.09. The molecule has 1 fully saturated rings. The molecule has 1 heterocycles. The van der Waals surface area contributed by atoms with Crippen LogP contribution < -0.4 is 5.32 Å². The second-order valence-corrected chi connectivity index (χ2v) is 3.45. The third-order valence-corrected chi connectivity index (χ3v) is 2.59. The van der Waals surface area contributed by atoms with Crippen LogP contribution in [0.2, 0.25) is 0 Å². The van der Waals surface area contributed by atoms with Crippen molar-refractivity contribution in [2.45, 2.75) is 26.2 Å². The van der Waals surface area contributed by atoms with E-state index in [0.29, 0.717) is 0 Å². The van der Waals surface area contributed by atoms with Crippen molar-refractivity contribution in [3.8, 4) is 0 Å². The first-order valence-corrected chi connectivity index (χ1v) is 4.54. The number of nitrogens with one attached hydrogen (secondary N) is 1. The van der Waals surface area contributed by atoms with Gasteiger partial charge in [-0.1, -0.05) is 13.3 Å². The highest BCUT2D eigenvalue weighted by Gasteiger charge is 2.41. The summed E-state index contributed by atoms with van der Waals surface area (Å²) in [4.78, 5) is 11.5. The minimum atomic E-state index is -0.219. The van der Waals surface area contributed by atoms with Crippen molar-refractivity contribution in [3.63, 3.8) is 0 Å². The van der Waals surface area contributed by atoms with Gasteiger partial charge in [-0.3, -0.25) is 4.79 Å². The first-order valence-electron chi connectivity index (χ1n) is 4.54. The lowest BCUT2D eigenvalue weighted by molar-refractivity contribution is -0.152. The molecule has 0 radical (unpaired) electrons. The largest absolute Gasteiger partial charge is 0.469 e. The van der Waals surface area contributed by atoms with Crippen molar-refractivity contribution < 1.29 is 9.53 Å². The van der Waals surface area contributed by atoms with E-state index >= 15 is 0 Å². The molecule has 1 aliphatic rings. The van der Waals surface area contributed by atoms with Crippen LogP contribution in [0.3, 0.4) is 0 Å². The van der Waals surface area contributed by atoms with E-state index in [4.69, 9.17) is 4.74 Å². The number of ether oxygens (including phenoxy) is 1. The Bertz CT molecular complexity index is 162. The van der Waals surface area contributed by atoms with Gasteiger partial charge in [0.25, 0.3) is 0 Å². The normalized spacial score (nSPS) is 28.8. The molecule has 0 aromatic heterocycles. The molecule has 0 amide bonds. The van der Waals surface area contributed by atoms with Gasteiger partial charge in [0.2, 0.25) is 0 Å². The van der Waals surface area contributed by atoms with Gasteiger partial charge in [-0.15, -0.1) is 0 Å². The Balaban J connectivity index is 2.64. The molecule has 1 rings (SSSR count). The third kappa shape index (κ3) is 1.61. The number of carbonyl (C=O) groups excluding carboxylic acids is 1. The zero-order valence-electron chi connectivity index (χ0n) is 7.85. The second kappa shape index (κ2) is 3.90. The maximum Gasteiger partial charge on any atom is 0.313 e. The maximum atomic E-state index is 11.5. The molecule has 1 atom stereocenters. The Hall–Kier alpha value is -0.570. The summed E-state index contributed by atoms with van der Waals surface area (Å²) in [5.74, 6) is -0.0469. The zero-order chi connectivity index (χ0) is 9.03. The quantitative estimate of drug-likeness (QED) is 0.642. The number of hydrogen-bond donors (Lipinski definition) is 1. The monoisotopic (exact) mass is 171 g/mol. The fourth-order valence-electron chi connectivity index (χ4n) is 1.93. The number of rotatable bonds is 3. The van der Waals surface area contributed by atoms with E-state index in [1.807, 2.05) is 0 Å². The average molecular weight is 171 g/mol. The van der Waals surface area contributed by atoms with E-state index in [1.54, 1.807) is 0 Å². The van der Waals surface area contributed by atoms with Crippen molar-refractivity contribution >= 4 is 5.97 Å². The van der Waals surface area contributed by atoms with Gasteiger partial charge in [0.05, 0.1) is 12.5 Å². The summed E-state index contributed by atoms with van der Waals surface area (Å²) in [6.45, 7) is 3.83. The molecule has 3 nitrogen and oxygen atoms in total. The van der Waals surface area contributed by atoms with Gasteiger partial charge in [-0.2, -0.15) is 0 Å². The highest BCUT2D eigenvalue weighted by atomic mass is 16.5. The maximum absolute atomic E-state index is 11.5. The smallest absolute Gasteiger partial charge is 0.313 e. The summed E-state index contributed by atoms with van der Waals surface area (Å²) in [7, 11) is 1.47. The molecule has 70 valence electrons. The molecule has 0 spiro atoms. The summed E-state index contributed by atoms with van der Waals surface area (Å²) in [6, 6.07) is 0. The number of methoxy groups -OCH3 is 1. The predicted molar refractivity (Wildman–Crippen MR) is 46.8 cm³/mol. The van der Waals surface area contributed by atoms with E-state index < -0.39 is 0 Å². The predicted octanol–water partition coefficient (Wildman–Crippen LogP) is 0.939. The average Bonchev–Trinajstić information content (AvgIpc) is 2.53. The van der Waals surface area contributed by atoms with Crippen LogP contribution in [-0.2, 0) is 9.53 Å². The van der Waals surface area contributed by atoms with Crippen molar-refractivity contribution in [1.29, 1.82) is 0 Å². The van der Waals surface area contributed by atoms with Crippen molar-refractivity contribution in [1.82, 2.24) is 5.32 Å². The van der Waals surface area contributed by atoms with Gasteiger partial charge in [0.15, 0.2) is 0 Å². The van der Waals surface area contributed by atoms with Gasteiger partial charge in [0.1, 0.15) is 0 Å². The topological polar surface area (TPSA) is 38.3 Å². The molecular formula is C9H17NO2. The lowest BCUT2D eigenvalue weighted by atomic mass is 9.83. The van der Waals surface area contributed by atoms with Crippen LogP contribution in [0.4, 0.5) is 0 Å². The van der Waals surface area contributed by atoms with Gasteiger partial charge >= 0.3 is 5.97 Å². The van der Waals surface area contributed by atoms with Crippen LogP contribution in [0.25, 0.3) is 0 Å². The van der Waals surface area contributed by atoms with E-state index in [9.17, 15) is 4.79 Å². The molecular weight excluding hydrogens is 154 g/mol. The van der Waals surface area contributed by atoms with Crippen LogP contribution in [0, 0.1) is 5.41 Å². The fourth-order valence-corrected chi connectivity index (χ4v) is 1.93. The molecule has 0 saturated carbocycles. The lowest BCUT2D eigenvalue weighted by Crippen LogP contribution is -2.34. The summed E-state index contributed by atoms with van der Waals surface area (Å²) < 4.78 is 4.81. The van der Waals surface area contributed by atoms with E-state index in [2.05, 4.69) is 12.2 Å². The molecule has 12 heavy (non-hydrogen) atoms. The second-order valence-electron chi connectivity index (χ2n) is 3.45. The van der Waals surface area contributed by atoms with Crippen LogP contribution in [-0.4, -0.2) is 26.2 Å². The third-order valence-electron chi connectivity index (χ3n) is 2.59. The van der Waals surface area contributed by atoms with Crippen molar-refractivity contribution in [3.05, 3.63) is 0 Å². The van der Waals surface area contributed by atoms with E-state index in [1.165, 1.54) is 7.11 Å². The summed E-state index contributed by atoms with van der Waals surface area (Å²) >= 11 is 0. The Morgan fingerprint density at radius 1 is 1.67 bits per heavy atom. The summed E-state index contributed by atoms with van der Waals surface area (Å²) in [5.41, 5.74) is -0.219. The Morgan fingerprint density at radius 2 is 2.42 bits per heavy atom. The van der Waals surface area contributed by atoms with Crippen LogP contribution in [0.1, 0.15) is 26.2 Å². The van der Waals surface area contributed by atoms with Crippen LogP contribution >= 0.6 is 0 Å². The van der Waals surface area contributed by atoms with E-state index in [-0.39, 0.29) is 11.4 Å². The molecule has 1 N–H and O–H groups in total.